The van der Waals surface area contributed by atoms with Gasteiger partial charge in [0.2, 0.25) is 0 Å². The maximum atomic E-state index is 11.5. The Morgan fingerprint density at radius 1 is 1.53 bits per heavy atom. The number of carbonyl (C=O) groups is 1. The van der Waals surface area contributed by atoms with Crippen LogP contribution in [0.4, 0.5) is 0 Å². The number of pyridine rings is 1. The van der Waals surface area contributed by atoms with E-state index < -0.39 is 11.4 Å². The normalized spacial score (nSPS) is 24.3. The molecule has 1 saturated heterocycles. The van der Waals surface area contributed by atoms with Gasteiger partial charge in [0.05, 0.1) is 5.41 Å². The molecular weight excluding hydrogens is 240 g/mol. The summed E-state index contributed by atoms with van der Waals surface area (Å²) in [6.45, 7) is 6.36. The SMILES string of the molecule is CCC1(C(=O)O)CCCN(Cc2ccc(C)nc2)C1. The average Bonchev–Trinajstić information content (AvgIpc) is 2.41. The number of hydrogen-bond donors (Lipinski definition) is 1. The number of carboxylic acid groups (broad SMARTS) is 1. The third-order valence-electron chi connectivity index (χ3n) is 4.17. The smallest absolute Gasteiger partial charge is 0.310 e. The lowest BCUT2D eigenvalue weighted by atomic mass is 9.77. The molecule has 1 unspecified atom stereocenters. The molecule has 4 heteroatoms. The third-order valence-corrected chi connectivity index (χ3v) is 4.17. The van der Waals surface area contributed by atoms with Crippen LogP contribution in [0.3, 0.4) is 0 Å². The Morgan fingerprint density at radius 2 is 2.32 bits per heavy atom. The summed E-state index contributed by atoms with van der Waals surface area (Å²) in [4.78, 5) is 18.0. The van der Waals surface area contributed by atoms with Gasteiger partial charge in [-0.1, -0.05) is 13.0 Å². The number of aliphatic carboxylic acids is 1. The standard InChI is InChI=1S/C15H22N2O2/c1-3-15(14(18)19)7-4-8-17(11-15)10-13-6-5-12(2)16-9-13/h5-6,9H,3-4,7-8,10-11H2,1-2H3,(H,18,19). The topological polar surface area (TPSA) is 53.4 Å². The third kappa shape index (κ3) is 3.13. The zero-order chi connectivity index (χ0) is 13.9. The van der Waals surface area contributed by atoms with Crippen LogP contribution < -0.4 is 0 Å². The van der Waals surface area contributed by atoms with Crippen molar-refractivity contribution in [3.8, 4) is 0 Å². The number of rotatable bonds is 4. The number of likely N-dealkylation sites (tertiary alicyclic amines) is 1. The molecule has 1 atom stereocenters. The number of nitrogens with zero attached hydrogens (tertiary/aromatic N) is 2. The van der Waals surface area contributed by atoms with E-state index in [-0.39, 0.29) is 0 Å². The van der Waals surface area contributed by atoms with E-state index in [1.807, 2.05) is 26.1 Å². The Morgan fingerprint density at radius 3 is 2.89 bits per heavy atom. The van der Waals surface area contributed by atoms with E-state index in [0.29, 0.717) is 13.0 Å². The van der Waals surface area contributed by atoms with Crippen molar-refractivity contribution in [1.82, 2.24) is 9.88 Å². The minimum Gasteiger partial charge on any atom is -0.481 e. The van der Waals surface area contributed by atoms with E-state index in [2.05, 4.69) is 16.0 Å². The predicted octanol–water partition coefficient (Wildman–Crippen LogP) is 2.47. The minimum absolute atomic E-state index is 0.559. The molecule has 104 valence electrons. The Hall–Kier alpha value is -1.42. The first kappa shape index (κ1) is 14.0. The molecule has 19 heavy (non-hydrogen) atoms. The van der Waals surface area contributed by atoms with Crippen LogP contribution in [0, 0.1) is 12.3 Å². The number of aryl methyl sites for hydroxylation is 1. The molecule has 0 bridgehead atoms. The lowest BCUT2D eigenvalue weighted by Crippen LogP contribution is -2.47. The molecule has 4 nitrogen and oxygen atoms in total. The van der Waals surface area contributed by atoms with Crippen molar-refractivity contribution in [2.24, 2.45) is 5.41 Å². The zero-order valence-corrected chi connectivity index (χ0v) is 11.7. The van der Waals surface area contributed by atoms with Gasteiger partial charge in [-0.05, 0) is 44.4 Å². The van der Waals surface area contributed by atoms with Crippen LogP contribution in [-0.4, -0.2) is 34.0 Å². The summed E-state index contributed by atoms with van der Waals surface area (Å²) in [5, 5.41) is 9.47. The summed E-state index contributed by atoms with van der Waals surface area (Å²) in [5.74, 6) is -0.651. The molecule has 2 heterocycles. The van der Waals surface area contributed by atoms with Gasteiger partial charge in [-0.2, -0.15) is 0 Å². The van der Waals surface area contributed by atoms with E-state index in [9.17, 15) is 9.90 Å². The number of aromatic nitrogens is 1. The van der Waals surface area contributed by atoms with Gasteiger partial charge in [0.15, 0.2) is 0 Å². The molecule has 0 spiro atoms. The van der Waals surface area contributed by atoms with E-state index in [1.165, 1.54) is 0 Å². The Balaban J connectivity index is 2.05. The fraction of sp³-hybridized carbons (Fsp3) is 0.600. The summed E-state index contributed by atoms with van der Waals surface area (Å²) in [7, 11) is 0. The number of hydrogen-bond acceptors (Lipinski definition) is 3. The molecule has 0 aromatic carbocycles. The van der Waals surface area contributed by atoms with E-state index >= 15 is 0 Å². The molecular formula is C15H22N2O2. The van der Waals surface area contributed by atoms with Crippen LogP contribution in [0.25, 0.3) is 0 Å². The summed E-state index contributed by atoms with van der Waals surface area (Å²) < 4.78 is 0. The fourth-order valence-electron chi connectivity index (χ4n) is 2.83. The van der Waals surface area contributed by atoms with Crippen molar-refractivity contribution < 1.29 is 9.90 Å². The van der Waals surface area contributed by atoms with Crippen LogP contribution in [0.2, 0.25) is 0 Å². The van der Waals surface area contributed by atoms with Crippen LogP contribution in [0.15, 0.2) is 18.3 Å². The predicted molar refractivity (Wildman–Crippen MR) is 73.8 cm³/mol. The summed E-state index contributed by atoms with van der Waals surface area (Å²) in [6.07, 6.45) is 4.34. The van der Waals surface area contributed by atoms with Gasteiger partial charge in [0, 0.05) is 25.0 Å². The highest BCUT2D eigenvalue weighted by Crippen LogP contribution is 2.34. The van der Waals surface area contributed by atoms with Gasteiger partial charge in [-0.3, -0.25) is 14.7 Å². The average molecular weight is 262 g/mol. The van der Waals surface area contributed by atoms with Crippen molar-refractivity contribution in [2.75, 3.05) is 13.1 Å². The minimum atomic E-state index is -0.651. The maximum absolute atomic E-state index is 11.5. The number of carboxylic acids is 1. The van der Waals surface area contributed by atoms with Crippen LogP contribution in [-0.2, 0) is 11.3 Å². The molecule has 0 radical (unpaired) electrons. The van der Waals surface area contributed by atoms with Gasteiger partial charge < -0.3 is 5.11 Å². The van der Waals surface area contributed by atoms with Gasteiger partial charge in [-0.25, -0.2) is 0 Å². The van der Waals surface area contributed by atoms with Crippen molar-refractivity contribution >= 4 is 5.97 Å². The summed E-state index contributed by atoms with van der Waals surface area (Å²) in [6, 6.07) is 4.08. The second-order valence-corrected chi connectivity index (χ2v) is 5.56. The quantitative estimate of drug-likeness (QED) is 0.905. The van der Waals surface area contributed by atoms with Gasteiger partial charge in [0.1, 0.15) is 0 Å². The van der Waals surface area contributed by atoms with E-state index in [1.54, 1.807) is 0 Å². The van der Waals surface area contributed by atoms with Crippen molar-refractivity contribution in [3.05, 3.63) is 29.6 Å². The van der Waals surface area contributed by atoms with Crippen LogP contribution in [0.5, 0.6) is 0 Å². The largest absolute Gasteiger partial charge is 0.481 e. The van der Waals surface area contributed by atoms with Crippen molar-refractivity contribution in [1.29, 1.82) is 0 Å². The Labute approximate surface area is 114 Å². The molecule has 1 aromatic rings. The van der Waals surface area contributed by atoms with Crippen LogP contribution in [0.1, 0.15) is 37.4 Å². The highest BCUT2D eigenvalue weighted by atomic mass is 16.4. The molecule has 0 aliphatic carbocycles. The molecule has 0 amide bonds. The van der Waals surface area contributed by atoms with Gasteiger partial charge in [-0.15, -0.1) is 0 Å². The zero-order valence-electron chi connectivity index (χ0n) is 11.7. The molecule has 0 saturated carbocycles. The number of piperidine rings is 1. The molecule has 1 aromatic heterocycles. The first-order chi connectivity index (χ1) is 9.05. The molecule has 1 aliphatic rings. The van der Waals surface area contributed by atoms with Gasteiger partial charge in [0.25, 0.3) is 0 Å². The van der Waals surface area contributed by atoms with Gasteiger partial charge >= 0.3 is 5.97 Å². The second-order valence-electron chi connectivity index (χ2n) is 5.56. The summed E-state index contributed by atoms with van der Waals surface area (Å²) in [5.41, 5.74) is 1.61. The van der Waals surface area contributed by atoms with Crippen molar-refractivity contribution in [3.63, 3.8) is 0 Å². The fourth-order valence-corrected chi connectivity index (χ4v) is 2.83. The first-order valence-electron chi connectivity index (χ1n) is 6.93. The maximum Gasteiger partial charge on any atom is 0.310 e. The Kier molecular flexibility index (Phi) is 4.20. The molecule has 1 aliphatic heterocycles. The summed E-state index contributed by atoms with van der Waals surface area (Å²) >= 11 is 0. The Bertz CT molecular complexity index is 444. The van der Waals surface area contributed by atoms with E-state index in [0.717, 1.165) is 37.2 Å². The monoisotopic (exact) mass is 262 g/mol. The first-order valence-corrected chi connectivity index (χ1v) is 6.93. The van der Waals surface area contributed by atoms with E-state index in [4.69, 9.17) is 0 Å². The highest BCUT2D eigenvalue weighted by molar-refractivity contribution is 5.75. The van der Waals surface area contributed by atoms with Crippen LogP contribution >= 0.6 is 0 Å². The molecule has 1 N–H and O–H groups in total. The lowest BCUT2D eigenvalue weighted by molar-refractivity contribution is -0.153. The van der Waals surface area contributed by atoms with Crippen molar-refractivity contribution in [2.45, 2.75) is 39.7 Å². The highest BCUT2D eigenvalue weighted by Gasteiger charge is 2.40. The second kappa shape index (κ2) is 5.70. The molecule has 1 fully saturated rings. The molecule has 2 rings (SSSR count). The lowest BCUT2D eigenvalue weighted by Gasteiger charge is -2.39.